The van der Waals surface area contributed by atoms with E-state index in [0.717, 1.165) is 27.6 Å². The van der Waals surface area contributed by atoms with Crippen molar-refractivity contribution in [2.45, 2.75) is 50.2 Å². The number of carbonyl (C=O) groups is 1. The van der Waals surface area contributed by atoms with Gasteiger partial charge in [-0.15, -0.1) is 0 Å². The van der Waals surface area contributed by atoms with Gasteiger partial charge in [-0.25, -0.2) is 4.39 Å². The van der Waals surface area contributed by atoms with Crippen LogP contribution in [0.2, 0.25) is 5.02 Å². The molecular weight excluding hydrogens is 587 g/mol. The Morgan fingerprint density at radius 2 is 2.02 bits per heavy atom. The predicted molar refractivity (Wildman–Crippen MR) is 163 cm³/mol. The molecule has 0 bridgehead atoms. The van der Waals surface area contributed by atoms with E-state index in [2.05, 4.69) is 17.5 Å². The van der Waals surface area contributed by atoms with Crippen LogP contribution in [0, 0.1) is 11.3 Å². The van der Waals surface area contributed by atoms with Crippen LogP contribution in [0.4, 0.5) is 10.2 Å². The molecule has 2 fully saturated rings. The standard InChI is InChI=1S/C32H34ClFN6O4/c1-19(34)31(42)40-12-11-39(15-21(40)9-10-35)30-25-18-43-28(24-7-3-5-20-6-4-8-26(33)29(20)24)14-27(25)36-32(37-30)44-17-22-13-23(41)16-38(22)2/h3-8,21-23,28,41H,1,9,11-18H2,2H3/t21-,22+,23+,28?/m0/s1. The molecule has 4 heterocycles. The number of piperazine rings is 1. The number of benzene rings is 2. The highest BCUT2D eigenvalue weighted by atomic mass is 35.5. The first-order valence-corrected chi connectivity index (χ1v) is 15.1. The minimum Gasteiger partial charge on any atom is -0.462 e. The number of hydrogen-bond donors (Lipinski definition) is 1. The number of aliphatic hydroxyl groups is 1. The monoisotopic (exact) mass is 620 g/mol. The van der Waals surface area contributed by atoms with E-state index in [0.29, 0.717) is 43.4 Å². The fourth-order valence-electron chi connectivity index (χ4n) is 6.51. The van der Waals surface area contributed by atoms with Gasteiger partial charge in [-0.1, -0.05) is 48.5 Å². The number of hydrogen-bond acceptors (Lipinski definition) is 9. The highest BCUT2D eigenvalue weighted by Gasteiger charge is 2.36. The van der Waals surface area contributed by atoms with Crippen LogP contribution < -0.4 is 9.64 Å². The number of amides is 1. The maximum atomic E-state index is 13.8. The predicted octanol–water partition coefficient (Wildman–Crippen LogP) is 3.96. The van der Waals surface area contributed by atoms with Crippen LogP contribution in [0.15, 0.2) is 48.8 Å². The second-order valence-corrected chi connectivity index (χ2v) is 12.0. The zero-order valence-corrected chi connectivity index (χ0v) is 25.2. The second kappa shape index (κ2) is 12.7. The van der Waals surface area contributed by atoms with Gasteiger partial charge in [0, 0.05) is 54.6 Å². The Kier molecular flexibility index (Phi) is 8.69. The smallest absolute Gasteiger partial charge is 0.318 e. The highest BCUT2D eigenvalue weighted by molar-refractivity contribution is 6.35. The van der Waals surface area contributed by atoms with Gasteiger partial charge < -0.3 is 24.4 Å². The Hall–Kier alpha value is -3.82. The van der Waals surface area contributed by atoms with Crippen molar-refractivity contribution in [3.05, 3.63) is 70.6 Å². The summed E-state index contributed by atoms with van der Waals surface area (Å²) in [6.07, 6.45) is 0.361. The summed E-state index contributed by atoms with van der Waals surface area (Å²) in [7, 11) is 1.95. The van der Waals surface area contributed by atoms with Crippen LogP contribution in [0.5, 0.6) is 6.01 Å². The van der Waals surface area contributed by atoms with Gasteiger partial charge in [-0.2, -0.15) is 15.2 Å². The third-order valence-corrected chi connectivity index (χ3v) is 9.08. The fourth-order valence-corrected chi connectivity index (χ4v) is 6.81. The molecule has 0 spiro atoms. The summed E-state index contributed by atoms with van der Waals surface area (Å²) in [5, 5.41) is 22.2. The van der Waals surface area contributed by atoms with Crippen molar-refractivity contribution in [2.75, 3.05) is 44.7 Å². The van der Waals surface area contributed by atoms with Crippen molar-refractivity contribution in [1.29, 1.82) is 5.26 Å². The maximum Gasteiger partial charge on any atom is 0.318 e. The third kappa shape index (κ3) is 5.95. The SMILES string of the molecule is C=C(F)C(=O)N1CCN(c2nc(OC[C@H]3C[C@@H](O)CN3C)nc3c2COC(c2cccc4cccc(Cl)c24)C3)C[C@@H]1CC#N. The molecule has 10 nitrogen and oxygen atoms in total. The second-order valence-electron chi connectivity index (χ2n) is 11.6. The van der Waals surface area contributed by atoms with Crippen LogP contribution >= 0.6 is 11.6 Å². The van der Waals surface area contributed by atoms with E-state index in [9.17, 15) is 19.6 Å². The molecule has 2 aromatic carbocycles. The van der Waals surface area contributed by atoms with Crippen molar-refractivity contribution in [2.24, 2.45) is 0 Å². The Balaban J connectivity index is 1.34. The fraction of sp³-hybridized carbons (Fsp3) is 0.438. The van der Waals surface area contributed by atoms with Crippen LogP contribution in [0.25, 0.3) is 10.8 Å². The number of anilines is 1. The maximum absolute atomic E-state index is 13.8. The first kappa shape index (κ1) is 30.2. The van der Waals surface area contributed by atoms with Crippen LogP contribution in [-0.2, 0) is 22.6 Å². The summed E-state index contributed by atoms with van der Waals surface area (Å²) in [6.45, 7) is 5.11. The molecule has 1 amide bonds. The number of aliphatic hydroxyl groups excluding tert-OH is 1. The number of aromatic nitrogens is 2. The topological polar surface area (TPSA) is 115 Å². The number of fused-ring (bicyclic) bond motifs is 2. The molecule has 3 aliphatic rings. The average molecular weight is 621 g/mol. The Bertz CT molecular complexity index is 1630. The van der Waals surface area contributed by atoms with E-state index >= 15 is 0 Å². The Morgan fingerprint density at radius 1 is 1.23 bits per heavy atom. The van der Waals surface area contributed by atoms with Gasteiger partial charge in [0.15, 0.2) is 5.83 Å². The summed E-state index contributed by atoms with van der Waals surface area (Å²) in [5.41, 5.74) is 2.55. The van der Waals surface area contributed by atoms with Crippen molar-refractivity contribution in [3.8, 4) is 12.1 Å². The molecule has 230 valence electrons. The zero-order valence-electron chi connectivity index (χ0n) is 24.5. The lowest BCUT2D eigenvalue weighted by Crippen LogP contribution is -2.55. The summed E-state index contributed by atoms with van der Waals surface area (Å²) < 4.78 is 26.4. The first-order chi connectivity index (χ1) is 21.2. The van der Waals surface area contributed by atoms with E-state index in [1.165, 1.54) is 4.90 Å². The first-order valence-electron chi connectivity index (χ1n) is 14.7. The van der Waals surface area contributed by atoms with Gasteiger partial charge in [-0.3, -0.25) is 9.69 Å². The summed E-state index contributed by atoms with van der Waals surface area (Å²) in [4.78, 5) is 27.6. The number of halogens is 2. The lowest BCUT2D eigenvalue weighted by atomic mass is 9.94. The van der Waals surface area contributed by atoms with E-state index in [1.807, 2.05) is 48.3 Å². The number of ether oxygens (including phenoxy) is 2. The molecular formula is C32H34ClFN6O4. The summed E-state index contributed by atoms with van der Waals surface area (Å²) in [5.74, 6) is -1.25. The van der Waals surface area contributed by atoms with Gasteiger partial charge >= 0.3 is 6.01 Å². The van der Waals surface area contributed by atoms with Crippen LogP contribution in [0.3, 0.4) is 0 Å². The van der Waals surface area contributed by atoms with E-state index in [-0.39, 0.29) is 44.3 Å². The number of carbonyl (C=O) groups excluding carboxylic acids is 1. The number of nitrogens with zero attached hydrogens (tertiary/aromatic N) is 6. The number of likely N-dealkylation sites (N-methyl/N-ethyl adjacent to an activating group) is 1. The molecule has 2 saturated heterocycles. The van der Waals surface area contributed by atoms with E-state index < -0.39 is 23.9 Å². The molecule has 44 heavy (non-hydrogen) atoms. The molecule has 12 heteroatoms. The number of β-amino-alcohol motifs (C(OH)–C–C–N with tert-alkyl or cyclic N) is 1. The van der Waals surface area contributed by atoms with Crippen molar-refractivity contribution in [1.82, 2.24) is 19.8 Å². The van der Waals surface area contributed by atoms with Gasteiger partial charge in [-0.05, 0) is 30.5 Å². The molecule has 6 rings (SSSR count). The minimum atomic E-state index is -1.05. The molecule has 3 aliphatic heterocycles. The summed E-state index contributed by atoms with van der Waals surface area (Å²) in [6, 6.07) is 13.6. The number of nitriles is 1. The zero-order chi connectivity index (χ0) is 31.0. The molecule has 0 radical (unpaired) electrons. The Labute approximate surface area is 260 Å². The van der Waals surface area contributed by atoms with Gasteiger partial charge in [0.25, 0.3) is 5.91 Å². The van der Waals surface area contributed by atoms with Gasteiger partial charge in [0.1, 0.15) is 12.4 Å². The molecule has 0 saturated carbocycles. The van der Waals surface area contributed by atoms with Crippen LogP contribution in [0.1, 0.15) is 35.8 Å². The summed E-state index contributed by atoms with van der Waals surface area (Å²) >= 11 is 6.64. The molecule has 3 aromatic rings. The molecule has 4 atom stereocenters. The highest BCUT2D eigenvalue weighted by Crippen LogP contribution is 2.39. The molecule has 0 aliphatic carbocycles. The Morgan fingerprint density at radius 3 is 2.75 bits per heavy atom. The van der Waals surface area contributed by atoms with Crippen molar-refractivity contribution >= 4 is 34.1 Å². The van der Waals surface area contributed by atoms with E-state index in [1.54, 1.807) is 0 Å². The van der Waals surface area contributed by atoms with Crippen molar-refractivity contribution in [3.63, 3.8) is 0 Å². The number of rotatable bonds is 7. The van der Waals surface area contributed by atoms with Crippen molar-refractivity contribution < 1.29 is 23.8 Å². The van der Waals surface area contributed by atoms with E-state index in [4.69, 9.17) is 31.0 Å². The lowest BCUT2D eigenvalue weighted by molar-refractivity contribution is -0.131. The van der Waals surface area contributed by atoms with Gasteiger partial charge in [0.05, 0.1) is 43.0 Å². The minimum absolute atomic E-state index is 0.0188. The normalized spacial score (nSPS) is 23.8. The molecule has 1 unspecified atom stereocenters. The number of likely N-dealkylation sites (tertiary alicyclic amines) is 1. The largest absolute Gasteiger partial charge is 0.462 e. The lowest BCUT2D eigenvalue weighted by Gasteiger charge is -2.42. The average Bonchev–Trinajstić information content (AvgIpc) is 3.35. The van der Waals surface area contributed by atoms with Gasteiger partial charge in [0.2, 0.25) is 0 Å². The third-order valence-electron chi connectivity index (χ3n) is 8.76. The molecule has 1 aromatic heterocycles. The van der Waals surface area contributed by atoms with Crippen LogP contribution in [-0.4, -0.2) is 88.8 Å². The quantitative estimate of drug-likeness (QED) is 0.392. The molecule has 1 N–H and O–H groups in total.